The number of hydrogen-bond donors (Lipinski definition) is 1. The van der Waals surface area contributed by atoms with Crippen LogP contribution in [0.25, 0.3) is 16.7 Å². The summed E-state index contributed by atoms with van der Waals surface area (Å²) in [7, 11) is 1.64. The van der Waals surface area contributed by atoms with Crippen molar-refractivity contribution in [2.24, 2.45) is 0 Å². The molecule has 1 aromatic carbocycles. The number of para-hydroxylation sites is 1. The van der Waals surface area contributed by atoms with Crippen molar-refractivity contribution in [1.29, 1.82) is 0 Å². The van der Waals surface area contributed by atoms with Gasteiger partial charge in [-0.25, -0.2) is 9.37 Å². The lowest BCUT2D eigenvalue weighted by atomic mass is 10.2. The van der Waals surface area contributed by atoms with Crippen molar-refractivity contribution in [2.75, 3.05) is 12.4 Å². The topological polar surface area (TPSA) is 46.9 Å². The third-order valence-electron chi connectivity index (χ3n) is 3.27. The van der Waals surface area contributed by atoms with Crippen LogP contribution in [0.15, 0.2) is 41.2 Å². The standard InChI is InChI=1S/C15H10Cl2FN3O/c1-19-11-7-13(22)21(12-5-3-2-4-9(12)16)15-8(11)6-10(18)14(17)20-15/h2-7,19H,1H3. The number of rotatable bonds is 2. The van der Waals surface area contributed by atoms with E-state index in [1.54, 1.807) is 31.3 Å². The highest BCUT2D eigenvalue weighted by atomic mass is 35.5. The Morgan fingerprint density at radius 3 is 2.64 bits per heavy atom. The summed E-state index contributed by atoms with van der Waals surface area (Å²) >= 11 is 11.9. The molecule has 2 heterocycles. The summed E-state index contributed by atoms with van der Waals surface area (Å²) in [6.45, 7) is 0. The van der Waals surface area contributed by atoms with Crippen LogP contribution in [0.5, 0.6) is 0 Å². The predicted octanol–water partition coefficient (Wildman–Crippen LogP) is 3.87. The van der Waals surface area contributed by atoms with E-state index in [1.807, 2.05) is 0 Å². The normalized spacial score (nSPS) is 10.9. The van der Waals surface area contributed by atoms with Gasteiger partial charge in [0.2, 0.25) is 0 Å². The van der Waals surface area contributed by atoms with E-state index in [4.69, 9.17) is 23.2 Å². The Balaban J connectivity index is 2.50. The van der Waals surface area contributed by atoms with Gasteiger partial charge < -0.3 is 5.32 Å². The molecule has 3 aromatic rings. The Hall–Kier alpha value is -2.11. The smallest absolute Gasteiger partial charge is 0.258 e. The first-order valence-electron chi connectivity index (χ1n) is 6.37. The second-order valence-electron chi connectivity index (χ2n) is 4.57. The van der Waals surface area contributed by atoms with Gasteiger partial charge in [-0.15, -0.1) is 0 Å². The Kier molecular flexibility index (Phi) is 3.76. The van der Waals surface area contributed by atoms with Gasteiger partial charge in [0.25, 0.3) is 5.56 Å². The number of pyridine rings is 2. The SMILES string of the molecule is CNc1cc(=O)n(-c2ccccc2Cl)c2nc(Cl)c(F)cc12. The number of aromatic nitrogens is 2. The first kappa shape index (κ1) is 14.8. The van der Waals surface area contributed by atoms with E-state index in [0.717, 1.165) is 0 Å². The number of halogens is 3. The number of benzene rings is 1. The molecule has 0 saturated carbocycles. The number of nitrogens with zero attached hydrogens (tertiary/aromatic N) is 2. The first-order chi connectivity index (χ1) is 10.5. The van der Waals surface area contributed by atoms with Crippen molar-refractivity contribution < 1.29 is 4.39 Å². The van der Waals surface area contributed by atoms with E-state index in [0.29, 0.717) is 21.8 Å². The molecule has 0 radical (unpaired) electrons. The highest BCUT2D eigenvalue weighted by Gasteiger charge is 2.15. The minimum absolute atomic E-state index is 0.233. The van der Waals surface area contributed by atoms with Crippen molar-refractivity contribution in [3.63, 3.8) is 0 Å². The number of fused-ring (bicyclic) bond motifs is 1. The maximum Gasteiger partial charge on any atom is 0.258 e. The van der Waals surface area contributed by atoms with Gasteiger partial charge in [0.05, 0.1) is 16.4 Å². The van der Waals surface area contributed by atoms with E-state index in [2.05, 4.69) is 10.3 Å². The van der Waals surface area contributed by atoms with E-state index in [1.165, 1.54) is 16.7 Å². The highest BCUT2D eigenvalue weighted by molar-refractivity contribution is 6.32. The Labute approximate surface area is 135 Å². The number of hydrogen-bond acceptors (Lipinski definition) is 3. The quantitative estimate of drug-likeness (QED) is 0.722. The van der Waals surface area contributed by atoms with Crippen molar-refractivity contribution in [3.8, 4) is 5.69 Å². The van der Waals surface area contributed by atoms with Gasteiger partial charge in [0.1, 0.15) is 0 Å². The lowest BCUT2D eigenvalue weighted by Crippen LogP contribution is -2.20. The average molecular weight is 338 g/mol. The molecule has 2 aromatic heterocycles. The fourth-order valence-corrected chi connectivity index (χ4v) is 2.62. The summed E-state index contributed by atoms with van der Waals surface area (Å²) in [4.78, 5) is 16.5. The van der Waals surface area contributed by atoms with Crippen molar-refractivity contribution >= 4 is 39.9 Å². The molecular weight excluding hydrogens is 328 g/mol. The van der Waals surface area contributed by atoms with Crippen LogP contribution in [-0.2, 0) is 0 Å². The highest BCUT2D eigenvalue weighted by Crippen LogP contribution is 2.28. The molecule has 0 aliphatic heterocycles. The Bertz CT molecular complexity index is 940. The van der Waals surface area contributed by atoms with Gasteiger partial charge in [-0.05, 0) is 18.2 Å². The van der Waals surface area contributed by atoms with Crippen LogP contribution in [-0.4, -0.2) is 16.6 Å². The minimum atomic E-state index is -0.657. The summed E-state index contributed by atoms with van der Waals surface area (Å²) < 4.78 is 15.1. The zero-order valence-electron chi connectivity index (χ0n) is 11.4. The first-order valence-corrected chi connectivity index (χ1v) is 7.13. The summed E-state index contributed by atoms with van der Waals surface area (Å²) in [6.07, 6.45) is 0. The molecule has 0 spiro atoms. The number of nitrogens with one attached hydrogen (secondary N) is 1. The third-order valence-corrected chi connectivity index (χ3v) is 3.85. The molecule has 112 valence electrons. The summed E-state index contributed by atoms with van der Waals surface area (Å²) in [6, 6.07) is 9.44. The van der Waals surface area contributed by atoms with Crippen LogP contribution in [0.1, 0.15) is 0 Å². The van der Waals surface area contributed by atoms with Gasteiger partial charge in [-0.3, -0.25) is 9.36 Å². The second-order valence-corrected chi connectivity index (χ2v) is 5.33. The molecular formula is C15H10Cl2FN3O. The monoisotopic (exact) mass is 337 g/mol. The molecule has 0 saturated heterocycles. The van der Waals surface area contributed by atoms with Crippen LogP contribution >= 0.6 is 23.2 Å². The van der Waals surface area contributed by atoms with E-state index in [-0.39, 0.29) is 16.4 Å². The van der Waals surface area contributed by atoms with E-state index >= 15 is 0 Å². The molecule has 22 heavy (non-hydrogen) atoms. The lowest BCUT2D eigenvalue weighted by molar-refractivity contribution is 0.624. The summed E-state index contributed by atoms with van der Waals surface area (Å²) in [5.41, 5.74) is 0.805. The molecule has 0 aliphatic rings. The second kappa shape index (κ2) is 5.59. The molecule has 1 N–H and O–H groups in total. The Morgan fingerprint density at radius 2 is 1.95 bits per heavy atom. The molecule has 0 unspecified atom stereocenters. The average Bonchev–Trinajstić information content (AvgIpc) is 2.50. The lowest BCUT2D eigenvalue weighted by Gasteiger charge is -2.14. The van der Waals surface area contributed by atoms with Gasteiger partial charge in [0.15, 0.2) is 16.6 Å². The molecule has 7 heteroatoms. The molecule has 3 rings (SSSR count). The van der Waals surface area contributed by atoms with E-state index in [9.17, 15) is 9.18 Å². The van der Waals surface area contributed by atoms with Gasteiger partial charge in [0, 0.05) is 18.5 Å². The molecule has 0 aliphatic carbocycles. The maximum absolute atomic E-state index is 13.7. The van der Waals surface area contributed by atoms with Crippen molar-refractivity contribution in [3.05, 3.63) is 62.7 Å². The van der Waals surface area contributed by atoms with Gasteiger partial charge in [-0.1, -0.05) is 35.3 Å². The van der Waals surface area contributed by atoms with Crippen LogP contribution < -0.4 is 10.9 Å². The fraction of sp³-hybridized carbons (Fsp3) is 0.0667. The van der Waals surface area contributed by atoms with Crippen molar-refractivity contribution in [2.45, 2.75) is 0 Å². The van der Waals surface area contributed by atoms with Crippen LogP contribution in [0, 0.1) is 5.82 Å². The van der Waals surface area contributed by atoms with Crippen LogP contribution in [0.4, 0.5) is 10.1 Å². The molecule has 0 amide bonds. The van der Waals surface area contributed by atoms with Crippen molar-refractivity contribution in [1.82, 2.24) is 9.55 Å². The summed E-state index contributed by atoms with van der Waals surface area (Å²) in [5.74, 6) is -0.657. The molecule has 0 atom stereocenters. The molecule has 0 bridgehead atoms. The van der Waals surface area contributed by atoms with Gasteiger partial charge in [-0.2, -0.15) is 0 Å². The van der Waals surface area contributed by atoms with Gasteiger partial charge >= 0.3 is 0 Å². The fourth-order valence-electron chi connectivity index (χ4n) is 2.27. The largest absolute Gasteiger partial charge is 0.387 e. The molecule has 0 fully saturated rings. The zero-order valence-corrected chi connectivity index (χ0v) is 12.9. The third kappa shape index (κ3) is 2.32. The minimum Gasteiger partial charge on any atom is -0.387 e. The van der Waals surface area contributed by atoms with Crippen LogP contribution in [0.3, 0.4) is 0 Å². The zero-order chi connectivity index (χ0) is 15.9. The summed E-state index contributed by atoms with van der Waals surface area (Å²) in [5, 5.41) is 3.36. The van der Waals surface area contributed by atoms with E-state index < -0.39 is 5.82 Å². The van der Waals surface area contributed by atoms with Crippen LogP contribution in [0.2, 0.25) is 10.2 Å². The molecule has 4 nitrogen and oxygen atoms in total. The maximum atomic E-state index is 13.7. The number of anilines is 1. The predicted molar refractivity (Wildman–Crippen MR) is 86.9 cm³/mol. The Morgan fingerprint density at radius 1 is 1.23 bits per heavy atom.